The average molecular weight is 317 g/mol. The Morgan fingerprint density at radius 2 is 1.87 bits per heavy atom. The van der Waals surface area contributed by atoms with E-state index < -0.39 is 0 Å². The highest BCUT2D eigenvalue weighted by atomic mass is 16.2. The largest absolute Gasteiger partial charge is 0.355 e. The number of amides is 2. The maximum Gasteiger partial charge on any atom is 0.254 e. The number of likely N-dealkylation sites (N-methyl/N-ethyl adjacent to an activating group) is 1. The molecule has 0 saturated carbocycles. The standard InChI is InChI=1S/C18H27N3O2/c1-14-6-4-5-7-16(14)18(23)21-11-8-15(9-12-21)17(22)19-10-13-20(2)3/h4-7,15H,8-13H2,1-3H3,(H,19,22). The molecule has 1 N–H and O–H groups in total. The second kappa shape index (κ2) is 8.11. The lowest BCUT2D eigenvalue weighted by molar-refractivity contribution is -0.126. The summed E-state index contributed by atoms with van der Waals surface area (Å²) in [5.41, 5.74) is 1.77. The fourth-order valence-corrected chi connectivity index (χ4v) is 2.88. The molecule has 23 heavy (non-hydrogen) atoms. The van der Waals surface area contributed by atoms with Gasteiger partial charge in [-0.05, 0) is 45.5 Å². The van der Waals surface area contributed by atoms with Gasteiger partial charge in [-0.25, -0.2) is 0 Å². The number of hydrogen-bond acceptors (Lipinski definition) is 3. The molecule has 1 aromatic carbocycles. The lowest BCUT2D eigenvalue weighted by Crippen LogP contribution is -2.44. The molecule has 0 aliphatic carbocycles. The third-order valence-corrected chi connectivity index (χ3v) is 4.39. The number of aryl methyl sites for hydroxylation is 1. The minimum Gasteiger partial charge on any atom is -0.355 e. The van der Waals surface area contributed by atoms with Crippen LogP contribution in [0.5, 0.6) is 0 Å². The van der Waals surface area contributed by atoms with Crippen molar-refractivity contribution in [3.8, 4) is 0 Å². The summed E-state index contributed by atoms with van der Waals surface area (Å²) in [6, 6.07) is 7.66. The minimum absolute atomic E-state index is 0.0260. The molecule has 0 spiro atoms. The molecule has 5 heteroatoms. The molecule has 0 bridgehead atoms. The van der Waals surface area contributed by atoms with Crippen LogP contribution in [-0.2, 0) is 4.79 Å². The fourth-order valence-electron chi connectivity index (χ4n) is 2.88. The molecule has 1 fully saturated rings. The van der Waals surface area contributed by atoms with E-state index in [0.717, 1.165) is 30.5 Å². The van der Waals surface area contributed by atoms with Crippen LogP contribution in [0.4, 0.5) is 0 Å². The molecule has 2 rings (SSSR count). The zero-order chi connectivity index (χ0) is 16.8. The Labute approximate surface area is 138 Å². The van der Waals surface area contributed by atoms with Crippen LogP contribution in [0.2, 0.25) is 0 Å². The highest BCUT2D eigenvalue weighted by Gasteiger charge is 2.28. The van der Waals surface area contributed by atoms with Gasteiger partial charge in [-0.2, -0.15) is 0 Å². The monoisotopic (exact) mass is 317 g/mol. The van der Waals surface area contributed by atoms with E-state index in [4.69, 9.17) is 0 Å². The van der Waals surface area contributed by atoms with Crippen LogP contribution in [0.3, 0.4) is 0 Å². The Balaban J connectivity index is 1.83. The zero-order valence-electron chi connectivity index (χ0n) is 14.3. The normalized spacial score (nSPS) is 15.7. The first-order valence-corrected chi connectivity index (χ1v) is 8.26. The first kappa shape index (κ1) is 17.5. The predicted octanol–water partition coefficient (Wildman–Crippen LogP) is 1.53. The lowest BCUT2D eigenvalue weighted by atomic mass is 9.95. The van der Waals surface area contributed by atoms with Gasteiger partial charge in [-0.3, -0.25) is 9.59 Å². The molecule has 1 saturated heterocycles. The first-order chi connectivity index (χ1) is 11.0. The summed E-state index contributed by atoms with van der Waals surface area (Å²) in [4.78, 5) is 28.6. The molecule has 1 aliphatic heterocycles. The van der Waals surface area contributed by atoms with E-state index in [1.807, 2.05) is 55.1 Å². The Kier molecular flexibility index (Phi) is 6.16. The van der Waals surface area contributed by atoms with Crippen molar-refractivity contribution in [1.82, 2.24) is 15.1 Å². The van der Waals surface area contributed by atoms with Crippen molar-refractivity contribution >= 4 is 11.8 Å². The van der Waals surface area contributed by atoms with Crippen LogP contribution >= 0.6 is 0 Å². The number of piperidine rings is 1. The highest BCUT2D eigenvalue weighted by molar-refractivity contribution is 5.95. The van der Waals surface area contributed by atoms with Gasteiger partial charge in [0.2, 0.25) is 5.91 Å². The maximum atomic E-state index is 12.6. The molecule has 5 nitrogen and oxygen atoms in total. The van der Waals surface area contributed by atoms with Crippen molar-refractivity contribution < 1.29 is 9.59 Å². The van der Waals surface area contributed by atoms with Crippen LogP contribution in [0, 0.1) is 12.8 Å². The summed E-state index contributed by atoms with van der Waals surface area (Å²) in [6.07, 6.45) is 1.48. The molecule has 0 aromatic heterocycles. The van der Waals surface area contributed by atoms with Gasteiger partial charge in [-0.1, -0.05) is 18.2 Å². The van der Waals surface area contributed by atoms with Crippen molar-refractivity contribution in [1.29, 1.82) is 0 Å². The Morgan fingerprint density at radius 1 is 1.22 bits per heavy atom. The smallest absolute Gasteiger partial charge is 0.254 e. The van der Waals surface area contributed by atoms with Crippen LogP contribution < -0.4 is 5.32 Å². The average Bonchev–Trinajstić information content (AvgIpc) is 2.54. The van der Waals surface area contributed by atoms with E-state index in [1.165, 1.54) is 0 Å². The van der Waals surface area contributed by atoms with Gasteiger partial charge in [0.05, 0.1) is 0 Å². The highest BCUT2D eigenvalue weighted by Crippen LogP contribution is 2.20. The van der Waals surface area contributed by atoms with Crippen molar-refractivity contribution in [2.24, 2.45) is 5.92 Å². The van der Waals surface area contributed by atoms with Gasteiger partial charge < -0.3 is 15.1 Å². The van der Waals surface area contributed by atoms with Crippen LogP contribution in [-0.4, -0.2) is 61.9 Å². The fraction of sp³-hybridized carbons (Fsp3) is 0.556. The minimum atomic E-state index is 0.0260. The molecule has 1 aromatic rings. The summed E-state index contributed by atoms with van der Waals surface area (Å²) >= 11 is 0. The zero-order valence-corrected chi connectivity index (χ0v) is 14.3. The number of rotatable bonds is 5. The maximum absolute atomic E-state index is 12.6. The second-order valence-corrected chi connectivity index (χ2v) is 6.48. The number of hydrogen-bond donors (Lipinski definition) is 1. The second-order valence-electron chi connectivity index (χ2n) is 6.48. The quantitative estimate of drug-likeness (QED) is 0.896. The number of carbonyl (C=O) groups is 2. The Bertz CT molecular complexity index is 549. The molecular weight excluding hydrogens is 290 g/mol. The summed E-state index contributed by atoms with van der Waals surface area (Å²) < 4.78 is 0. The number of nitrogens with one attached hydrogen (secondary N) is 1. The van der Waals surface area contributed by atoms with E-state index in [0.29, 0.717) is 19.6 Å². The van der Waals surface area contributed by atoms with Crippen molar-refractivity contribution in [2.45, 2.75) is 19.8 Å². The summed E-state index contributed by atoms with van der Waals surface area (Å²) in [5, 5.41) is 2.98. The van der Waals surface area contributed by atoms with Crippen molar-refractivity contribution in [3.05, 3.63) is 35.4 Å². The van der Waals surface area contributed by atoms with Crippen LogP contribution in [0.25, 0.3) is 0 Å². The first-order valence-electron chi connectivity index (χ1n) is 8.26. The third-order valence-electron chi connectivity index (χ3n) is 4.39. The number of nitrogens with zero attached hydrogens (tertiary/aromatic N) is 2. The van der Waals surface area contributed by atoms with E-state index in [-0.39, 0.29) is 17.7 Å². The van der Waals surface area contributed by atoms with Crippen molar-refractivity contribution in [2.75, 3.05) is 40.3 Å². The van der Waals surface area contributed by atoms with E-state index in [2.05, 4.69) is 5.32 Å². The van der Waals surface area contributed by atoms with E-state index in [9.17, 15) is 9.59 Å². The Morgan fingerprint density at radius 3 is 2.48 bits per heavy atom. The summed E-state index contributed by atoms with van der Waals surface area (Å²) in [7, 11) is 3.98. The molecule has 1 heterocycles. The molecule has 2 amide bonds. The molecule has 0 unspecified atom stereocenters. The molecule has 0 atom stereocenters. The number of benzene rings is 1. The SMILES string of the molecule is Cc1ccccc1C(=O)N1CCC(C(=O)NCCN(C)C)CC1. The number of likely N-dealkylation sites (tertiary alicyclic amines) is 1. The van der Waals surface area contributed by atoms with Gasteiger partial charge in [0.1, 0.15) is 0 Å². The van der Waals surface area contributed by atoms with E-state index in [1.54, 1.807) is 0 Å². The number of carbonyl (C=O) groups excluding carboxylic acids is 2. The predicted molar refractivity (Wildman–Crippen MR) is 91.4 cm³/mol. The molecular formula is C18H27N3O2. The molecule has 126 valence electrons. The third kappa shape index (κ3) is 4.79. The summed E-state index contributed by atoms with van der Waals surface area (Å²) in [6.45, 7) is 4.78. The molecule has 1 aliphatic rings. The topological polar surface area (TPSA) is 52.7 Å². The van der Waals surface area contributed by atoms with E-state index >= 15 is 0 Å². The van der Waals surface area contributed by atoms with Gasteiger partial charge in [0.15, 0.2) is 0 Å². The lowest BCUT2D eigenvalue weighted by Gasteiger charge is -2.31. The van der Waals surface area contributed by atoms with Crippen LogP contribution in [0.1, 0.15) is 28.8 Å². The van der Waals surface area contributed by atoms with Gasteiger partial charge in [0, 0.05) is 37.7 Å². The van der Waals surface area contributed by atoms with Gasteiger partial charge in [0.25, 0.3) is 5.91 Å². The van der Waals surface area contributed by atoms with Gasteiger partial charge in [-0.15, -0.1) is 0 Å². The summed E-state index contributed by atoms with van der Waals surface area (Å²) in [5.74, 6) is 0.225. The van der Waals surface area contributed by atoms with Crippen molar-refractivity contribution in [3.63, 3.8) is 0 Å². The van der Waals surface area contributed by atoms with Crippen LogP contribution in [0.15, 0.2) is 24.3 Å². The molecule has 0 radical (unpaired) electrons. The Hall–Kier alpha value is -1.88. The van der Waals surface area contributed by atoms with Gasteiger partial charge >= 0.3 is 0 Å².